The van der Waals surface area contributed by atoms with Gasteiger partial charge in [0, 0.05) is 18.3 Å². The normalized spacial score (nSPS) is 20.8. The van der Waals surface area contributed by atoms with Gasteiger partial charge in [-0.2, -0.15) is 4.98 Å². The summed E-state index contributed by atoms with van der Waals surface area (Å²) in [6, 6.07) is 2.17. The van der Waals surface area contributed by atoms with E-state index in [-0.39, 0.29) is 0 Å². The molecular formula is C14H24N4O. The van der Waals surface area contributed by atoms with Crippen molar-refractivity contribution >= 4 is 5.95 Å². The molecule has 2 N–H and O–H groups in total. The van der Waals surface area contributed by atoms with Crippen molar-refractivity contribution in [2.45, 2.75) is 39.2 Å². The van der Waals surface area contributed by atoms with Gasteiger partial charge in [-0.05, 0) is 45.2 Å². The van der Waals surface area contributed by atoms with Crippen LogP contribution in [-0.4, -0.2) is 35.7 Å². The molecule has 19 heavy (non-hydrogen) atoms. The Morgan fingerprint density at radius 1 is 1.58 bits per heavy atom. The van der Waals surface area contributed by atoms with Crippen molar-refractivity contribution in [3.05, 3.63) is 12.3 Å². The molecule has 1 aromatic heterocycles. The van der Waals surface area contributed by atoms with Crippen LogP contribution >= 0.6 is 0 Å². The summed E-state index contributed by atoms with van der Waals surface area (Å²) in [7, 11) is 0. The number of hydrogen-bond donors (Lipinski definition) is 2. The van der Waals surface area contributed by atoms with E-state index in [9.17, 15) is 0 Å². The van der Waals surface area contributed by atoms with Crippen LogP contribution in [0.3, 0.4) is 0 Å². The van der Waals surface area contributed by atoms with Crippen molar-refractivity contribution < 1.29 is 4.74 Å². The Morgan fingerprint density at radius 2 is 2.47 bits per heavy atom. The number of anilines is 1. The van der Waals surface area contributed by atoms with Gasteiger partial charge >= 0.3 is 0 Å². The molecule has 2 rings (SSSR count). The molecule has 0 radical (unpaired) electrons. The van der Waals surface area contributed by atoms with Crippen molar-refractivity contribution in [3.8, 4) is 5.88 Å². The van der Waals surface area contributed by atoms with Crippen LogP contribution in [0, 0.1) is 5.92 Å². The molecule has 0 saturated carbocycles. The van der Waals surface area contributed by atoms with E-state index >= 15 is 0 Å². The van der Waals surface area contributed by atoms with Gasteiger partial charge in [-0.15, -0.1) is 0 Å². The second-order valence-electron chi connectivity index (χ2n) is 5.11. The number of nitrogens with one attached hydrogen (secondary N) is 2. The Morgan fingerprint density at radius 3 is 3.21 bits per heavy atom. The van der Waals surface area contributed by atoms with Gasteiger partial charge < -0.3 is 15.4 Å². The highest BCUT2D eigenvalue weighted by molar-refractivity contribution is 5.28. The highest BCUT2D eigenvalue weighted by atomic mass is 16.5. The van der Waals surface area contributed by atoms with Crippen LogP contribution < -0.4 is 15.4 Å². The first-order valence-electron chi connectivity index (χ1n) is 7.22. The second kappa shape index (κ2) is 7.28. The molecule has 0 aliphatic carbocycles. The lowest BCUT2D eigenvalue weighted by Gasteiger charge is -2.28. The molecule has 0 aromatic carbocycles. The van der Waals surface area contributed by atoms with E-state index < -0.39 is 0 Å². The van der Waals surface area contributed by atoms with Gasteiger partial charge in [-0.1, -0.05) is 6.92 Å². The molecule has 0 amide bonds. The van der Waals surface area contributed by atoms with Crippen molar-refractivity contribution in [1.82, 2.24) is 15.3 Å². The summed E-state index contributed by atoms with van der Waals surface area (Å²) < 4.78 is 5.52. The molecule has 1 aliphatic heterocycles. The Kier molecular flexibility index (Phi) is 5.39. The zero-order valence-corrected chi connectivity index (χ0v) is 11.9. The SMILES string of the molecule is CCCOc1ccnc(NC(C)C2CCCNC2)n1. The number of hydrogen-bond acceptors (Lipinski definition) is 5. The van der Waals surface area contributed by atoms with Crippen molar-refractivity contribution in [2.75, 3.05) is 25.0 Å². The molecule has 2 atom stereocenters. The van der Waals surface area contributed by atoms with Gasteiger partial charge in [0.1, 0.15) is 0 Å². The Balaban J connectivity index is 1.90. The molecule has 5 heteroatoms. The molecule has 0 spiro atoms. The predicted octanol–water partition coefficient (Wildman–Crippen LogP) is 2.07. The maximum absolute atomic E-state index is 5.52. The van der Waals surface area contributed by atoms with Crippen LogP contribution in [0.25, 0.3) is 0 Å². The standard InChI is InChI=1S/C14H24N4O/c1-3-9-19-13-6-8-16-14(18-13)17-11(2)12-5-4-7-15-10-12/h6,8,11-12,15H,3-5,7,9-10H2,1-2H3,(H,16,17,18). The Bertz CT molecular complexity index is 379. The van der Waals surface area contributed by atoms with Crippen molar-refractivity contribution in [1.29, 1.82) is 0 Å². The summed E-state index contributed by atoms with van der Waals surface area (Å²) in [6.07, 6.45) is 5.23. The van der Waals surface area contributed by atoms with Crippen LogP contribution in [0.2, 0.25) is 0 Å². The van der Waals surface area contributed by atoms with Crippen LogP contribution in [0.1, 0.15) is 33.1 Å². The molecule has 0 bridgehead atoms. The monoisotopic (exact) mass is 264 g/mol. The zero-order valence-electron chi connectivity index (χ0n) is 11.9. The summed E-state index contributed by atoms with van der Waals surface area (Å²) in [5.74, 6) is 1.94. The lowest BCUT2D eigenvalue weighted by molar-refractivity contribution is 0.304. The van der Waals surface area contributed by atoms with Crippen LogP contribution in [-0.2, 0) is 0 Å². The lowest BCUT2D eigenvalue weighted by atomic mass is 9.93. The summed E-state index contributed by atoms with van der Waals surface area (Å²) in [4.78, 5) is 8.64. The summed E-state index contributed by atoms with van der Waals surface area (Å²) in [5, 5.41) is 6.82. The minimum absolute atomic E-state index is 0.370. The van der Waals surface area contributed by atoms with Crippen LogP contribution in [0.5, 0.6) is 5.88 Å². The number of ether oxygens (including phenoxy) is 1. The van der Waals surface area contributed by atoms with Crippen LogP contribution in [0.15, 0.2) is 12.3 Å². The topological polar surface area (TPSA) is 59.1 Å². The number of aromatic nitrogens is 2. The van der Waals surface area contributed by atoms with E-state index in [0.29, 0.717) is 30.4 Å². The second-order valence-corrected chi connectivity index (χ2v) is 5.11. The summed E-state index contributed by atoms with van der Waals surface area (Å²) >= 11 is 0. The maximum Gasteiger partial charge on any atom is 0.226 e. The fourth-order valence-electron chi connectivity index (χ4n) is 2.33. The molecule has 5 nitrogen and oxygen atoms in total. The van der Waals surface area contributed by atoms with E-state index in [2.05, 4.69) is 34.4 Å². The lowest BCUT2D eigenvalue weighted by Crippen LogP contribution is -2.39. The van der Waals surface area contributed by atoms with Crippen LogP contribution in [0.4, 0.5) is 5.95 Å². The van der Waals surface area contributed by atoms with Gasteiger partial charge in [0.25, 0.3) is 0 Å². The fraction of sp³-hybridized carbons (Fsp3) is 0.714. The van der Waals surface area contributed by atoms with E-state index in [1.54, 1.807) is 12.3 Å². The van der Waals surface area contributed by atoms with Gasteiger partial charge in [-0.25, -0.2) is 4.98 Å². The maximum atomic E-state index is 5.52. The average molecular weight is 264 g/mol. The molecule has 1 saturated heterocycles. The van der Waals surface area contributed by atoms with E-state index in [1.807, 2.05) is 0 Å². The zero-order chi connectivity index (χ0) is 13.5. The van der Waals surface area contributed by atoms with Gasteiger partial charge in [-0.3, -0.25) is 0 Å². The van der Waals surface area contributed by atoms with Gasteiger partial charge in [0.15, 0.2) is 0 Å². The number of rotatable bonds is 6. The minimum Gasteiger partial charge on any atom is -0.478 e. The van der Waals surface area contributed by atoms with Gasteiger partial charge in [0.05, 0.1) is 6.61 Å². The average Bonchev–Trinajstić information content (AvgIpc) is 2.46. The molecule has 1 aromatic rings. The first-order chi connectivity index (χ1) is 9.29. The van der Waals surface area contributed by atoms with Crippen molar-refractivity contribution in [2.24, 2.45) is 5.92 Å². The molecular weight excluding hydrogens is 240 g/mol. The minimum atomic E-state index is 0.370. The predicted molar refractivity (Wildman–Crippen MR) is 76.5 cm³/mol. The number of piperidine rings is 1. The Hall–Kier alpha value is -1.36. The molecule has 1 aliphatic rings. The van der Waals surface area contributed by atoms with E-state index in [4.69, 9.17) is 4.74 Å². The molecule has 2 unspecified atom stereocenters. The molecule has 106 valence electrons. The molecule has 1 fully saturated rings. The Labute approximate surface area is 115 Å². The van der Waals surface area contributed by atoms with Crippen molar-refractivity contribution in [3.63, 3.8) is 0 Å². The quantitative estimate of drug-likeness (QED) is 0.823. The van der Waals surface area contributed by atoms with E-state index in [1.165, 1.54) is 12.8 Å². The largest absolute Gasteiger partial charge is 0.478 e. The van der Waals surface area contributed by atoms with E-state index in [0.717, 1.165) is 19.5 Å². The fourth-order valence-corrected chi connectivity index (χ4v) is 2.33. The highest BCUT2D eigenvalue weighted by Crippen LogP contribution is 2.17. The third-order valence-electron chi connectivity index (χ3n) is 3.48. The highest BCUT2D eigenvalue weighted by Gasteiger charge is 2.20. The van der Waals surface area contributed by atoms with Gasteiger partial charge in [0.2, 0.25) is 11.8 Å². The smallest absolute Gasteiger partial charge is 0.226 e. The first kappa shape index (κ1) is 14.1. The number of nitrogens with zero attached hydrogens (tertiary/aromatic N) is 2. The summed E-state index contributed by atoms with van der Waals surface area (Å²) in [5.41, 5.74) is 0. The third kappa shape index (κ3) is 4.35. The summed E-state index contributed by atoms with van der Waals surface area (Å²) in [6.45, 7) is 7.18. The third-order valence-corrected chi connectivity index (χ3v) is 3.48. The molecule has 2 heterocycles. The first-order valence-corrected chi connectivity index (χ1v) is 7.22.